The highest BCUT2D eigenvalue weighted by molar-refractivity contribution is 5.11. The van der Waals surface area contributed by atoms with Gasteiger partial charge >= 0.3 is 0 Å². The van der Waals surface area contributed by atoms with Crippen molar-refractivity contribution in [3.8, 4) is 0 Å². The molecular weight excluding hydrogens is 238 g/mol. The molecule has 0 amide bonds. The van der Waals surface area contributed by atoms with Gasteiger partial charge in [-0.1, -0.05) is 0 Å². The Kier molecular flexibility index (Phi) is 3.83. The summed E-state index contributed by atoms with van der Waals surface area (Å²) >= 11 is 0. The van der Waals surface area contributed by atoms with E-state index >= 15 is 0 Å². The minimum Gasteiger partial charge on any atom is -0.317 e. The van der Waals surface area contributed by atoms with Crippen molar-refractivity contribution < 1.29 is 0 Å². The van der Waals surface area contributed by atoms with Crippen LogP contribution in [0, 0.1) is 5.92 Å². The Morgan fingerprint density at radius 1 is 1.21 bits per heavy atom. The van der Waals surface area contributed by atoms with Gasteiger partial charge in [0.1, 0.15) is 12.2 Å². The number of nitrogens with zero attached hydrogens (tertiary/aromatic N) is 4. The summed E-state index contributed by atoms with van der Waals surface area (Å²) in [6.45, 7) is 3.09. The number of piperidine rings is 1. The molecule has 1 aliphatic heterocycles. The molecule has 0 bridgehead atoms. The molecule has 0 radical (unpaired) electrons. The lowest BCUT2D eigenvalue weighted by Gasteiger charge is -2.22. The first-order valence-electron chi connectivity index (χ1n) is 6.88. The number of hydrogen-bond acceptors (Lipinski definition) is 4. The molecule has 2 aromatic heterocycles. The fraction of sp³-hybridized carbons (Fsp3) is 0.500. The van der Waals surface area contributed by atoms with Gasteiger partial charge in [0.25, 0.3) is 0 Å². The molecule has 19 heavy (non-hydrogen) atoms. The lowest BCUT2D eigenvalue weighted by molar-refractivity contribution is 0.363. The van der Waals surface area contributed by atoms with Crippen LogP contribution in [0.1, 0.15) is 24.2 Å². The van der Waals surface area contributed by atoms with Crippen LogP contribution < -0.4 is 5.32 Å². The van der Waals surface area contributed by atoms with Crippen molar-refractivity contribution in [2.24, 2.45) is 5.92 Å². The van der Waals surface area contributed by atoms with E-state index in [-0.39, 0.29) is 0 Å². The second kappa shape index (κ2) is 5.93. The van der Waals surface area contributed by atoms with Gasteiger partial charge in [-0.15, -0.1) is 10.2 Å². The Morgan fingerprint density at radius 3 is 2.79 bits per heavy atom. The molecule has 1 aliphatic rings. The number of rotatable bonds is 4. The van der Waals surface area contributed by atoms with Gasteiger partial charge < -0.3 is 9.88 Å². The minimum atomic E-state index is 0.738. The summed E-state index contributed by atoms with van der Waals surface area (Å²) in [5.74, 6) is 1.84. The van der Waals surface area contributed by atoms with Gasteiger partial charge in [0.2, 0.25) is 0 Å². The fourth-order valence-electron chi connectivity index (χ4n) is 2.60. The highest BCUT2D eigenvalue weighted by Gasteiger charge is 2.16. The van der Waals surface area contributed by atoms with Crippen LogP contribution >= 0.6 is 0 Å². The Morgan fingerprint density at radius 2 is 2.00 bits per heavy atom. The molecule has 2 aromatic rings. The Bertz CT molecular complexity index is 502. The van der Waals surface area contributed by atoms with Gasteiger partial charge in [-0.05, 0) is 49.5 Å². The second-order valence-corrected chi connectivity index (χ2v) is 5.13. The van der Waals surface area contributed by atoms with Crippen LogP contribution in [0.2, 0.25) is 0 Å². The van der Waals surface area contributed by atoms with E-state index in [1.165, 1.54) is 18.4 Å². The molecule has 0 aromatic carbocycles. The standard InChI is InChI=1S/C14H19N5/c1-5-15-6-2-12(1)9-14-18-17-11-19(14)10-13-3-7-16-8-4-13/h3-4,7-8,11-12,15H,1-2,5-6,9-10H2. The average Bonchev–Trinajstić information content (AvgIpc) is 2.88. The zero-order chi connectivity index (χ0) is 12.9. The molecular formula is C14H19N5. The first-order chi connectivity index (χ1) is 9.42. The molecule has 0 saturated carbocycles. The summed E-state index contributed by atoms with van der Waals surface area (Å²) in [6, 6.07) is 4.07. The highest BCUT2D eigenvalue weighted by atomic mass is 15.3. The van der Waals surface area contributed by atoms with Crippen LogP contribution in [0.25, 0.3) is 0 Å². The molecule has 0 aliphatic carbocycles. The molecule has 0 spiro atoms. The molecule has 3 heterocycles. The van der Waals surface area contributed by atoms with Crippen LogP contribution in [0.15, 0.2) is 30.9 Å². The Balaban J connectivity index is 1.68. The van der Waals surface area contributed by atoms with Crippen LogP contribution in [-0.4, -0.2) is 32.8 Å². The topological polar surface area (TPSA) is 55.6 Å². The number of aromatic nitrogens is 4. The normalized spacial score (nSPS) is 16.6. The zero-order valence-electron chi connectivity index (χ0n) is 11.0. The van der Waals surface area contributed by atoms with E-state index in [4.69, 9.17) is 0 Å². The SMILES string of the molecule is c1cc(Cn2cnnc2CC2CCNCC2)ccn1. The predicted octanol–water partition coefficient (Wildman–Crippen LogP) is 1.26. The molecule has 1 N–H and O–H groups in total. The smallest absolute Gasteiger partial charge is 0.133 e. The van der Waals surface area contributed by atoms with Crippen molar-refractivity contribution in [3.63, 3.8) is 0 Å². The third-order valence-electron chi connectivity index (χ3n) is 3.73. The first kappa shape index (κ1) is 12.3. The lowest BCUT2D eigenvalue weighted by Crippen LogP contribution is -2.29. The van der Waals surface area contributed by atoms with Gasteiger partial charge in [0.05, 0.1) is 6.54 Å². The average molecular weight is 257 g/mol. The quantitative estimate of drug-likeness (QED) is 0.896. The lowest BCUT2D eigenvalue weighted by atomic mass is 9.94. The van der Waals surface area contributed by atoms with E-state index in [0.717, 1.165) is 37.8 Å². The molecule has 5 heteroatoms. The van der Waals surface area contributed by atoms with Gasteiger partial charge in [0, 0.05) is 18.8 Å². The van der Waals surface area contributed by atoms with Crippen LogP contribution in [0.4, 0.5) is 0 Å². The van der Waals surface area contributed by atoms with Crippen molar-refractivity contribution in [1.82, 2.24) is 25.1 Å². The van der Waals surface area contributed by atoms with Crippen LogP contribution in [0.3, 0.4) is 0 Å². The van der Waals surface area contributed by atoms with Crippen molar-refractivity contribution in [3.05, 3.63) is 42.2 Å². The van der Waals surface area contributed by atoms with E-state index in [0.29, 0.717) is 0 Å². The van der Waals surface area contributed by atoms with Gasteiger partial charge in [-0.3, -0.25) is 4.98 Å². The van der Waals surface area contributed by atoms with Crippen molar-refractivity contribution in [1.29, 1.82) is 0 Å². The van der Waals surface area contributed by atoms with Crippen LogP contribution in [-0.2, 0) is 13.0 Å². The first-order valence-corrected chi connectivity index (χ1v) is 6.88. The number of hydrogen-bond donors (Lipinski definition) is 1. The van der Waals surface area contributed by atoms with Gasteiger partial charge in [-0.25, -0.2) is 0 Å². The Labute approximate surface area is 113 Å². The monoisotopic (exact) mass is 257 g/mol. The maximum Gasteiger partial charge on any atom is 0.133 e. The maximum atomic E-state index is 4.28. The van der Waals surface area contributed by atoms with E-state index in [1.807, 2.05) is 30.9 Å². The molecule has 5 nitrogen and oxygen atoms in total. The zero-order valence-corrected chi connectivity index (χ0v) is 11.0. The summed E-state index contributed by atoms with van der Waals surface area (Å²) in [4.78, 5) is 4.04. The van der Waals surface area contributed by atoms with E-state index in [2.05, 4.69) is 25.1 Å². The predicted molar refractivity (Wildman–Crippen MR) is 72.7 cm³/mol. The largest absolute Gasteiger partial charge is 0.317 e. The van der Waals surface area contributed by atoms with Crippen molar-refractivity contribution >= 4 is 0 Å². The summed E-state index contributed by atoms with van der Waals surface area (Å²) < 4.78 is 2.15. The Hall–Kier alpha value is -1.75. The third kappa shape index (κ3) is 3.17. The van der Waals surface area contributed by atoms with Gasteiger partial charge in [0.15, 0.2) is 0 Å². The molecule has 100 valence electrons. The number of nitrogens with one attached hydrogen (secondary N) is 1. The fourth-order valence-corrected chi connectivity index (χ4v) is 2.60. The molecule has 1 fully saturated rings. The molecule has 0 unspecified atom stereocenters. The minimum absolute atomic E-state index is 0.738. The van der Waals surface area contributed by atoms with Crippen molar-refractivity contribution in [2.75, 3.05) is 13.1 Å². The summed E-state index contributed by atoms with van der Waals surface area (Å²) in [7, 11) is 0. The summed E-state index contributed by atoms with van der Waals surface area (Å²) in [5.41, 5.74) is 1.24. The third-order valence-corrected chi connectivity index (χ3v) is 3.73. The summed E-state index contributed by atoms with van der Waals surface area (Å²) in [6.07, 6.45) is 8.99. The maximum absolute atomic E-state index is 4.28. The molecule has 1 saturated heterocycles. The highest BCUT2D eigenvalue weighted by Crippen LogP contribution is 2.17. The van der Waals surface area contributed by atoms with E-state index < -0.39 is 0 Å². The van der Waals surface area contributed by atoms with Crippen molar-refractivity contribution in [2.45, 2.75) is 25.8 Å². The number of pyridine rings is 1. The summed E-state index contributed by atoms with van der Waals surface area (Å²) in [5, 5.41) is 11.7. The molecule has 3 rings (SSSR count). The molecule has 0 atom stereocenters. The van der Waals surface area contributed by atoms with E-state index in [9.17, 15) is 0 Å². The van der Waals surface area contributed by atoms with E-state index in [1.54, 1.807) is 0 Å². The van der Waals surface area contributed by atoms with Crippen LogP contribution in [0.5, 0.6) is 0 Å². The van der Waals surface area contributed by atoms with Gasteiger partial charge in [-0.2, -0.15) is 0 Å². The second-order valence-electron chi connectivity index (χ2n) is 5.13.